The van der Waals surface area contributed by atoms with Gasteiger partial charge in [-0.25, -0.2) is 8.42 Å². The van der Waals surface area contributed by atoms with Gasteiger partial charge in [-0.05, 0) is 67.1 Å². The van der Waals surface area contributed by atoms with Gasteiger partial charge < -0.3 is 10.6 Å². The molecule has 7 nitrogen and oxygen atoms in total. The number of hydrogen-bond acceptors (Lipinski definition) is 4. The first-order valence-electron chi connectivity index (χ1n) is 10.0. The van der Waals surface area contributed by atoms with Gasteiger partial charge in [-0.2, -0.15) is 0 Å². The van der Waals surface area contributed by atoms with Gasteiger partial charge in [-0.15, -0.1) is 0 Å². The molecule has 0 spiro atoms. The summed E-state index contributed by atoms with van der Waals surface area (Å²) < 4.78 is 25.5. The van der Waals surface area contributed by atoms with E-state index >= 15 is 0 Å². The molecule has 1 aliphatic heterocycles. The van der Waals surface area contributed by atoms with Gasteiger partial charge in [0, 0.05) is 28.4 Å². The average Bonchev–Trinajstić information content (AvgIpc) is 3.15. The lowest BCUT2D eigenvalue weighted by Crippen LogP contribution is -2.25. The zero-order valence-electron chi connectivity index (χ0n) is 17.2. The zero-order valence-corrected chi connectivity index (χ0v) is 19.5. The predicted molar refractivity (Wildman–Crippen MR) is 131 cm³/mol. The molecule has 2 N–H and O–H groups in total. The van der Waals surface area contributed by atoms with Crippen LogP contribution in [0.25, 0.3) is 0 Å². The van der Waals surface area contributed by atoms with E-state index in [-0.39, 0.29) is 11.7 Å². The van der Waals surface area contributed by atoms with Gasteiger partial charge in [0.2, 0.25) is 10.0 Å². The van der Waals surface area contributed by atoms with Crippen LogP contribution in [-0.2, 0) is 10.0 Å². The molecule has 0 aliphatic carbocycles. The third-order valence-electron chi connectivity index (χ3n) is 5.08. The second-order valence-corrected chi connectivity index (χ2v) is 10.3. The van der Waals surface area contributed by atoms with E-state index in [9.17, 15) is 18.0 Å². The number of sulfonamides is 1. The molecule has 1 aliphatic rings. The van der Waals surface area contributed by atoms with Crippen molar-refractivity contribution in [3.05, 3.63) is 87.9 Å². The van der Waals surface area contributed by atoms with Crippen LogP contribution in [0.1, 0.15) is 27.1 Å². The summed E-state index contributed by atoms with van der Waals surface area (Å²) in [6, 6.07) is 17.6. The molecule has 2 amide bonds. The van der Waals surface area contributed by atoms with E-state index in [0.717, 1.165) is 0 Å². The Kier molecular flexibility index (Phi) is 6.60. The Morgan fingerprint density at radius 1 is 0.848 bits per heavy atom. The van der Waals surface area contributed by atoms with Crippen molar-refractivity contribution in [2.24, 2.45) is 0 Å². The highest BCUT2D eigenvalue weighted by atomic mass is 35.5. The van der Waals surface area contributed by atoms with Crippen LogP contribution in [0.4, 0.5) is 17.1 Å². The van der Waals surface area contributed by atoms with Crippen molar-refractivity contribution in [1.82, 2.24) is 0 Å². The topological polar surface area (TPSA) is 95.6 Å². The number of nitrogens with zero attached hydrogens (tertiary/aromatic N) is 1. The molecule has 1 fully saturated rings. The molecule has 0 saturated carbocycles. The predicted octanol–water partition coefficient (Wildman–Crippen LogP) is 5.04. The number of rotatable bonds is 5. The van der Waals surface area contributed by atoms with Crippen LogP contribution in [0.15, 0.2) is 66.7 Å². The van der Waals surface area contributed by atoms with Gasteiger partial charge in [-0.1, -0.05) is 29.3 Å². The first kappa shape index (κ1) is 23.1. The summed E-state index contributed by atoms with van der Waals surface area (Å²) in [7, 11) is -3.28. The molecule has 33 heavy (non-hydrogen) atoms. The smallest absolute Gasteiger partial charge is 0.255 e. The number of carbonyl (C=O) groups is 2. The lowest BCUT2D eigenvalue weighted by molar-refractivity contribution is 0.101. The number of nitrogens with one attached hydrogen (secondary N) is 2. The molecular formula is C23H19Cl2N3O4S. The highest BCUT2D eigenvalue weighted by Gasteiger charge is 2.28. The maximum atomic E-state index is 12.7. The summed E-state index contributed by atoms with van der Waals surface area (Å²) in [5.41, 5.74) is 2.01. The van der Waals surface area contributed by atoms with Gasteiger partial charge in [0.15, 0.2) is 0 Å². The SMILES string of the molecule is O=C(Nc1ccc(Cl)c(NC(=O)c2cccc(Cl)c2)c1)c1ccc(N2CCCS2(=O)=O)cc1. The third kappa shape index (κ3) is 5.30. The van der Waals surface area contributed by atoms with Crippen LogP contribution in [0.5, 0.6) is 0 Å². The van der Waals surface area contributed by atoms with Crippen molar-refractivity contribution in [2.75, 3.05) is 27.2 Å². The Balaban J connectivity index is 1.47. The van der Waals surface area contributed by atoms with E-state index in [2.05, 4.69) is 10.6 Å². The molecule has 0 unspecified atom stereocenters. The Morgan fingerprint density at radius 3 is 2.24 bits per heavy atom. The van der Waals surface area contributed by atoms with Crippen LogP contribution < -0.4 is 14.9 Å². The van der Waals surface area contributed by atoms with Gasteiger partial charge in [0.05, 0.1) is 22.2 Å². The van der Waals surface area contributed by atoms with Crippen molar-refractivity contribution in [3.8, 4) is 0 Å². The average molecular weight is 504 g/mol. The van der Waals surface area contributed by atoms with E-state index in [4.69, 9.17) is 23.2 Å². The Hall–Kier alpha value is -3.07. The maximum Gasteiger partial charge on any atom is 0.255 e. The van der Waals surface area contributed by atoms with Crippen LogP contribution >= 0.6 is 23.2 Å². The molecule has 0 radical (unpaired) electrons. The Labute approximate surface area is 201 Å². The fourth-order valence-electron chi connectivity index (χ4n) is 3.43. The fraction of sp³-hybridized carbons (Fsp3) is 0.130. The van der Waals surface area contributed by atoms with Gasteiger partial charge >= 0.3 is 0 Å². The van der Waals surface area contributed by atoms with Crippen molar-refractivity contribution in [3.63, 3.8) is 0 Å². The van der Waals surface area contributed by atoms with E-state index in [1.165, 1.54) is 10.4 Å². The Bertz CT molecular complexity index is 1330. The van der Waals surface area contributed by atoms with Gasteiger partial charge in [0.1, 0.15) is 0 Å². The normalized spacial score (nSPS) is 14.7. The summed E-state index contributed by atoms with van der Waals surface area (Å²) in [6.07, 6.45) is 0.581. The largest absolute Gasteiger partial charge is 0.322 e. The van der Waals surface area contributed by atoms with Crippen LogP contribution in [-0.4, -0.2) is 32.5 Å². The minimum absolute atomic E-state index is 0.127. The molecular weight excluding hydrogens is 485 g/mol. The lowest BCUT2D eigenvalue weighted by atomic mass is 10.1. The second-order valence-electron chi connectivity index (χ2n) is 7.40. The monoisotopic (exact) mass is 503 g/mol. The third-order valence-corrected chi connectivity index (χ3v) is 7.51. The number of anilines is 3. The van der Waals surface area contributed by atoms with Crippen LogP contribution in [0.3, 0.4) is 0 Å². The summed E-state index contributed by atoms with van der Waals surface area (Å²) in [5.74, 6) is -0.655. The summed E-state index contributed by atoms with van der Waals surface area (Å²) in [5, 5.41) is 6.20. The maximum absolute atomic E-state index is 12.7. The number of amides is 2. The molecule has 1 heterocycles. The number of hydrogen-bond donors (Lipinski definition) is 2. The first-order valence-corrected chi connectivity index (χ1v) is 12.4. The lowest BCUT2D eigenvalue weighted by Gasteiger charge is -2.17. The molecule has 4 rings (SSSR count). The van der Waals surface area contributed by atoms with Crippen LogP contribution in [0, 0.1) is 0 Å². The molecule has 170 valence electrons. The highest BCUT2D eigenvalue weighted by molar-refractivity contribution is 7.93. The molecule has 1 saturated heterocycles. The molecule has 0 atom stereocenters. The molecule has 0 bridgehead atoms. The van der Waals surface area contributed by atoms with Crippen molar-refractivity contribution < 1.29 is 18.0 Å². The second kappa shape index (κ2) is 9.43. The standard InChI is InChI=1S/C23H19Cl2N3O4S/c24-17-4-1-3-16(13-17)23(30)27-21-14-18(7-10-20(21)25)26-22(29)15-5-8-19(9-6-15)28-11-2-12-33(28,31)32/h1,3-10,13-14H,2,11-12H2,(H,26,29)(H,27,30). The molecule has 0 aromatic heterocycles. The summed E-state index contributed by atoms with van der Waals surface area (Å²) in [6.45, 7) is 0.433. The summed E-state index contributed by atoms with van der Waals surface area (Å²) >= 11 is 12.1. The first-order chi connectivity index (χ1) is 15.7. The van der Waals surface area contributed by atoms with Crippen LogP contribution in [0.2, 0.25) is 10.0 Å². The minimum Gasteiger partial charge on any atom is -0.322 e. The molecule has 3 aromatic rings. The van der Waals surface area contributed by atoms with Crippen molar-refractivity contribution >= 4 is 62.1 Å². The fourth-order valence-corrected chi connectivity index (χ4v) is 5.35. The minimum atomic E-state index is -3.28. The van der Waals surface area contributed by atoms with E-state index < -0.39 is 15.9 Å². The van der Waals surface area contributed by atoms with Gasteiger partial charge in [0.25, 0.3) is 11.8 Å². The van der Waals surface area contributed by atoms with Gasteiger partial charge in [-0.3, -0.25) is 13.9 Å². The highest BCUT2D eigenvalue weighted by Crippen LogP contribution is 2.28. The van der Waals surface area contributed by atoms with Crippen molar-refractivity contribution in [2.45, 2.75) is 6.42 Å². The van der Waals surface area contributed by atoms with E-state index in [1.807, 2.05) is 0 Å². The molecule has 10 heteroatoms. The van der Waals surface area contributed by atoms with E-state index in [0.29, 0.717) is 51.2 Å². The number of carbonyl (C=O) groups excluding carboxylic acids is 2. The number of halogens is 2. The van der Waals surface area contributed by atoms with Crippen molar-refractivity contribution in [1.29, 1.82) is 0 Å². The quantitative estimate of drug-likeness (QED) is 0.509. The zero-order chi connectivity index (χ0) is 23.6. The summed E-state index contributed by atoms with van der Waals surface area (Å²) in [4.78, 5) is 25.2. The number of benzene rings is 3. The Morgan fingerprint density at radius 2 is 1.58 bits per heavy atom. The molecule has 3 aromatic carbocycles. The van der Waals surface area contributed by atoms with E-state index in [1.54, 1.807) is 60.7 Å².